The van der Waals surface area contributed by atoms with Gasteiger partial charge in [-0.25, -0.2) is 4.98 Å². The SMILES string of the molecule is CCCc1nnsc1C(=O)N1CC(Oc2ccc(C#N)cn2)C1. The molecule has 3 rings (SSSR count). The monoisotopic (exact) mass is 329 g/mol. The molecule has 8 heteroatoms. The molecule has 0 spiro atoms. The smallest absolute Gasteiger partial charge is 0.267 e. The number of nitrogens with zero attached hydrogens (tertiary/aromatic N) is 5. The molecule has 3 heterocycles. The summed E-state index contributed by atoms with van der Waals surface area (Å²) in [5, 5.41) is 12.8. The van der Waals surface area contributed by atoms with Crippen molar-refractivity contribution in [3.05, 3.63) is 34.5 Å². The predicted molar refractivity (Wildman–Crippen MR) is 83.2 cm³/mol. The molecule has 23 heavy (non-hydrogen) atoms. The molecule has 7 nitrogen and oxygen atoms in total. The molecular formula is C15H15N5O2S. The van der Waals surface area contributed by atoms with E-state index in [0.29, 0.717) is 29.4 Å². The molecule has 1 aliphatic heterocycles. The Bertz CT molecular complexity index is 731. The first kappa shape index (κ1) is 15.4. The summed E-state index contributed by atoms with van der Waals surface area (Å²) in [5.74, 6) is 0.434. The highest BCUT2D eigenvalue weighted by Crippen LogP contribution is 2.21. The maximum atomic E-state index is 12.4. The normalized spacial score (nSPS) is 14.2. The predicted octanol–water partition coefficient (Wildman–Crippen LogP) is 1.66. The molecule has 0 unspecified atom stereocenters. The van der Waals surface area contributed by atoms with Crippen LogP contribution in [0.25, 0.3) is 0 Å². The van der Waals surface area contributed by atoms with E-state index in [2.05, 4.69) is 14.6 Å². The lowest BCUT2D eigenvalue weighted by molar-refractivity contribution is 0.0163. The van der Waals surface area contributed by atoms with Gasteiger partial charge in [-0.3, -0.25) is 4.79 Å². The van der Waals surface area contributed by atoms with E-state index >= 15 is 0 Å². The topological polar surface area (TPSA) is 92.0 Å². The second-order valence-electron chi connectivity index (χ2n) is 5.25. The van der Waals surface area contributed by atoms with Crippen LogP contribution in [0.3, 0.4) is 0 Å². The van der Waals surface area contributed by atoms with E-state index in [1.165, 1.54) is 6.20 Å². The van der Waals surface area contributed by atoms with Crippen LogP contribution in [-0.4, -0.2) is 44.6 Å². The fraction of sp³-hybridized carbons (Fsp3) is 0.400. The van der Waals surface area contributed by atoms with Gasteiger partial charge in [-0.2, -0.15) is 5.26 Å². The minimum absolute atomic E-state index is 0.0314. The molecule has 0 aromatic carbocycles. The number of hydrogen-bond acceptors (Lipinski definition) is 7. The van der Waals surface area contributed by atoms with E-state index in [1.54, 1.807) is 17.0 Å². The summed E-state index contributed by atoms with van der Waals surface area (Å²) in [7, 11) is 0. The lowest BCUT2D eigenvalue weighted by atomic mass is 10.1. The van der Waals surface area contributed by atoms with Crippen LogP contribution in [0.1, 0.15) is 34.3 Å². The summed E-state index contributed by atoms with van der Waals surface area (Å²) in [6.45, 7) is 3.08. The van der Waals surface area contributed by atoms with E-state index in [1.807, 2.05) is 13.0 Å². The largest absolute Gasteiger partial charge is 0.471 e. The Labute approximate surface area is 137 Å². The molecule has 0 atom stereocenters. The zero-order valence-corrected chi connectivity index (χ0v) is 13.4. The van der Waals surface area contributed by atoms with Gasteiger partial charge in [-0.05, 0) is 24.0 Å². The molecular weight excluding hydrogens is 314 g/mol. The first-order valence-corrected chi connectivity index (χ1v) is 8.12. The molecule has 2 aromatic rings. The number of aryl methyl sites for hydroxylation is 1. The first-order valence-electron chi connectivity index (χ1n) is 7.34. The quantitative estimate of drug-likeness (QED) is 0.828. The van der Waals surface area contributed by atoms with Gasteiger partial charge in [0.2, 0.25) is 5.88 Å². The van der Waals surface area contributed by atoms with Crippen molar-refractivity contribution >= 4 is 17.4 Å². The zero-order chi connectivity index (χ0) is 16.2. The third-order valence-corrected chi connectivity index (χ3v) is 4.28. The van der Waals surface area contributed by atoms with Crippen molar-refractivity contribution in [1.29, 1.82) is 5.26 Å². The van der Waals surface area contributed by atoms with E-state index in [4.69, 9.17) is 10.00 Å². The molecule has 1 amide bonds. The van der Waals surface area contributed by atoms with Crippen molar-refractivity contribution < 1.29 is 9.53 Å². The minimum Gasteiger partial charge on any atom is -0.471 e. The van der Waals surface area contributed by atoms with Gasteiger partial charge in [-0.15, -0.1) is 5.10 Å². The number of rotatable bonds is 5. The molecule has 0 saturated carbocycles. The molecule has 1 saturated heterocycles. The number of ether oxygens (including phenoxy) is 1. The summed E-state index contributed by atoms with van der Waals surface area (Å²) < 4.78 is 9.57. The lowest BCUT2D eigenvalue weighted by Gasteiger charge is -2.38. The molecule has 1 fully saturated rings. The number of aromatic nitrogens is 3. The summed E-state index contributed by atoms with van der Waals surface area (Å²) in [6.07, 6.45) is 3.09. The van der Waals surface area contributed by atoms with Crippen LogP contribution in [0.15, 0.2) is 18.3 Å². The summed E-state index contributed by atoms with van der Waals surface area (Å²) in [4.78, 5) is 18.8. The summed E-state index contributed by atoms with van der Waals surface area (Å²) in [6, 6.07) is 5.33. The number of likely N-dealkylation sites (tertiary alicyclic amines) is 1. The van der Waals surface area contributed by atoms with Crippen molar-refractivity contribution in [2.75, 3.05) is 13.1 Å². The van der Waals surface area contributed by atoms with Gasteiger partial charge in [-0.1, -0.05) is 17.8 Å². The Morgan fingerprint density at radius 3 is 3.00 bits per heavy atom. The fourth-order valence-electron chi connectivity index (χ4n) is 2.28. The Morgan fingerprint density at radius 1 is 1.52 bits per heavy atom. The van der Waals surface area contributed by atoms with Gasteiger partial charge in [0.25, 0.3) is 5.91 Å². The average Bonchev–Trinajstić information content (AvgIpc) is 2.99. The zero-order valence-electron chi connectivity index (χ0n) is 12.6. The van der Waals surface area contributed by atoms with Crippen LogP contribution in [0, 0.1) is 11.3 Å². The highest BCUT2D eigenvalue weighted by atomic mass is 32.1. The number of nitriles is 1. The van der Waals surface area contributed by atoms with Gasteiger partial charge in [0.1, 0.15) is 17.1 Å². The van der Waals surface area contributed by atoms with Crippen molar-refractivity contribution in [1.82, 2.24) is 19.5 Å². The van der Waals surface area contributed by atoms with Crippen molar-refractivity contribution in [3.63, 3.8) is 0 Å². The summed E-state index contributed by atoms with van der Waals surface area (Å²) in [5.41, 5.74) is 1.27. The fourth-order valence-corrected chi connectivity index (χ4v) is 2.96. The molecule has 118 valence electrons. The second-order valence-corrected chi connectivity index (χ2v) is 6.00. The minimum atomic E-state index is -0.0742. The third kappa shape index (κ3) is 3.29. The number of hydrogen-bond donors (Lipinski definition) is 0. The molecule has 0 aliphatic carbocycles. The van der Waals surface area contributed by atoms with Crippen LogP contribution in [0.5, 0.6) is 5.88 Å². The van der Waals surface area contributed by atoms with Gasteiger partial charge >= 0.3 is 0 Å². The maximum absolute atomic E-state index is 12.4. The Kier molecular flexibility index (Phi) is 4.48. The van der Waals surface area contributed by atoms with Crippen LogP contribution in [0.4, 0.5) is 0 Å². The number of amides is 1. The Hall–Kier alpha value is -2.53. The Balaban J connectivity index is 1.55. The number of carbonyl (C=O) groups is 1. The van der Waals surface area contributed by atoms with E-state index in [0.717, 1.165) is 30.1 Å². The van der Waals surface area contributed by atoms with Crippen LogP contribution in [0.2, 0.25) is 0 Å². The van der Waals surface area contributed by atoms with Crippen LogP contribution < -0.4 is 4.74 Å². The highest BCUT2D eigenvalue weighted by Gasteiger charge is 2.35. The first-order chi connectivity index (χ1) is 11.2. The summed E-state index contributed by atoms with van der Waals surface area (Å²) >= 11 is 1.15. The van der Waals surface area contributed by atoms with E-state index in [9.17, 15) is 4.79 Å². The molecule has 1 aliphatic rings. The van der Waals surface area contributed by atoms with Crippen molar-refractivity contribution in [2.45, 2.75) is 25.9 Å². The van der Waals surface area contributed by atoms with Gasteiger partial charge < -0.3 is 9.64 Å². The maximum Gasteiger partial charge on any atom is 0.267 e. The van der Waals surface area contributed by atoms with Crippen molar-refractivity contribution in [3.8, 4) is 11.9 Å². The molecule has 0 N–H and O–H groups in total. The standard InChI is InChI=1S/C15H15N5O2S/c1-2-3-12-14(23-19-18-12)15(21)20-8-11(9-20)22-13-5-4-10(6-16)7-17-13/h4-5,7,11H,2-3,8-9H2,1H3. The number of pyridine rings is 1. The van der Waals surface area contributed by atoms with E-state index in [-0.39, 0.29) is 12.0 Å². The highest BCUT2D eigenvalue weighted by molar-refractivity contribution is 7.08. The van der Waals surface area contributed by atoms with Gasteiger partial charge in [0, 0.05) is 12.3 Å². The van der Waals surface area contributed by atoms with Crippen LogP contribution >= 0.6 is 11.5 Å². The average molecular weight is 329 g/mol. The van der Waals surface area contributed by atoms with Crippen LogP contribution in [-0.2, 0) is 6.42 Å². The van der Waals surface area contributed by atoms with E-state index < -0.39 is 0 Å². The van der Waals surface area contributed by atoms with Gasteiger partial charge in [0.15, 0.2) is 0 Å². The molecule has 2 aromatic heterocycles. The molecule has 0 bridgehead atoms. The molecule has 0 radical (unpaired) electrons. The second kappa shape index (κ2) is 6.71. The Morgan fingerprint density at radius 2 is 2.35 bits per heavy atom. The van der Waals surface area contributed by atoms with Crippen molar-refractivity contribution in [2.24, 2.45) is 0 Å². The van der Waals surface area contributed by atoms with Gasteiger partial charge in [0.05, 0.1) is 24.3 Å². The number of carbonyl (C=O) groups excluding carboxylic acids is 1. The lowest BCUT2D eigenvalue weighted by Crippen LogP contribution is -2.56. The third-order valence-electron chi connectivity index (χ3n) is 3.52.